The van der Waals surface area contributed by atoms with E-state index in [1.807, 2.05) is 0 Å². The predicted octanol–water partition coefficient (Wildman–Crippen LogP) is 2.37. The maximum atomic E-state index is 12.0. The van der Waals surface area contributed by atoms with Crippen molar-refractivity contribution in [2.45, 2.75) is 17.5 Å². The SMILES string of the molecule is O=S(O)c1ccccc1CC(F)(F)F. The molecule has 14 heavy (non-hydrogen) atoms. The lowest BCUT2D eigenvalue weighted by Crippen LogP contribution is -2.13. The average molecular weight is 224 g/mol. The zero-order valence-electron chi connectivity index (χ0n) is 6.91. The van der Waals surface area contributed by atoms with Gasteiger partial charge in [0.25, 0.3) is 0 Å². The smallest absolute Gasteiger partial charge is 0.302 e. The van der Waals surface area contributed by atoms with Crippen molar-refractivity contribution in [1.82, 2.24) is 0 Å². The molecule has 0 heterocycles. The van der Waals surface area contributed by atoms with E-state index in [0.717, 1.165) is 0 Å². The van der Waals surface area contributed by atoms with Crippen molar-refractivity contribution < 1.29 is 21.9 Å². The summed E-state index contributed by atoms with van der Waals surface area (Å²) in [6.45, 7) is 0. The summed E-state index contributed by atoms with van der Waals surface area (Å²) >= 11 is -2.38. The first kappa shape index (κ1) is 11.2. The van der Waals surface area contributed by atoms with E-state index >= 15 is 0 Å². The molecular formula is C8H7F3O2S. The molecule has 78 valence electrons. The monoisotopic (exact) mass is 224 g/mol. The molecule has 0 fully saturated rings. The molecule has 1 atom stereocenters. The molecule has 0 saturated carbocycles. The van der Waals surface area contributed by atoms with Gasteiger partial charge in [0.1, 0.15) is 0 Å². The minimum absolute atomic E-state index is 0.166. The summed E-state index contributed by atoms with van der Waals surface area (Å²) in [4.78, 5) is -0.190. The first-order valence-corrected chi connectivity index (χ1v) is 4.76. The molecule has 0 aromatic heterocycles. The second kappa shape index (κ2) is 4.10. The van der Waals surface area contributed by atoms with Crippen LogP contribution in [0, 0.1) is 0 Å². The van der Waals surface area contributed by atoms with E-state index < -0.39 is 23.7 Å². The maximum Gasteiger partial charge on any atom is 0.393 e. The number of hydrogen-bond acceptors (Lipinski definition) is 1. The third-order valence-electron chi connectivity index (χ3n) is 1.55. The van der Waals surface area contributed by atoms with Crippen LogP contribution in [0.15, 0.2) is 29.2 Å². The van der Waals surface area contributed by atoms with Crippen LogP contribution in [-0.4, -0.2) is 14.9 Å². The summed E-state index contributed by atoms with van der Waals surface area (Å²) in [5.41, 5.74) is -0.166. The molecule has 2 nitrogen and oxygen atoms in total. The summed E-state index contributed by atoms with van der Waals surface area (Å²) in [6, 6.07) is 5.22. The minimum Gasteiger partial charge on any atom is -0.302 e. The Morgan fingerprint density at radius 1 is 1.29 bits per heavy atom. The van der Waals surface area contributed by atoms with Gasteiger partial charge < -0.3 is 4.55 Å². The molecule has 0 saturated heterocycles. The van der Waals surface area contributed by atoms with Gasteiger partial charge in [0.15, 0.2) is 11.1 Å². The topological polar surface area (TPSA) is 37.3 Å². The van der Waals surface area contributed by atoms with Gasteiger partial charge in [-0.25, -0.2) is 4.21 Å². The van der Waals surface area contributed by atoms with Crippen molar-refractivity contribution in [3.63, 3.8) is 0 Å². The average Bonchev–Trinajstić information content (AvgIpc) is 2.01. The maximum absolute atomic E-state index is 12.0. The number of benzene rings is 1. The van der Waals surface area contributed by atoms with Crippen LogP contribution < -0.4 is 0 Å². The molecule has 0 radical (unpaired) electrons. The lowest BCUT2D eigenvalue weighted by atomic mass is 10.1. The molecule has 0 bridgehead atoms. The minimum atomic E-state index is -4.37. The van der Waals surface area contributed by atoms with Crippen LogP contribution in [-0.2, 0) is 17.5 Å². The van der Waals surface area contributed by atoms with Crippen LogP contribution in [0.4, 0.5) is 13.2 Å². The second-order valence-electron chi connectivity index (χ2n) is 2.65. The summed E-state index contributed by atoms with van der Waals surface area (Å²) in [7, 11) is 0. The Labute approximate surface area is 81.0 Å². The van der Waals surface area contributed by atoms with Gasteiger partial charge in [0, 0.05) is 0 Å². The van der Waals surface area contributed by atoms with E-state index in [-0.39, 0.29) is 10.5 Å². The highest BCUT2D eigenvalue weighted by Crippen LogP contribution is 2.24. The fraction of sp³-hybridized carbons (Fsp3) is 0.250. The zero-order chi connectivity index (χ0) is 10.8. The van der Waals surface area contributed by atoms with Gasteiger partial charge in [-0.3, -0.25) is 0 Å². The number of halogens is 3. The lowest BCUT2D eigenvalue weighted by Gasteiger charge is -2.08. The second-order valence-corrected chi connectivity index (χ2v) is 3.59. The molecular weight excluding hydrogens is 217 g/mol. The highest BCUT2D eigenvalue weighted by molar-refractivity contribution is 7.79. The Morgan fingerprint density at radius 2 is 1.86 bits per heavy atom. The summed E-state index contributed by atoms with van der Waals surface area (Å²) < 4.78 is 55.4. The normalized spacial score (nSPS) is 14.0. The highest BCUT2D eigenvalue weighted by atomic mass is 32.2. The van der Waals surface area contributed by atoms with Crippen LogP contribution in [0.2, 0.25) is 0 Å². The predicted molar refractivity (Wildman–Crippen MR) is 45.2 cm³/mol. The van der Waals surface area contributed by atoms with Crippen LogP contribution in [0.25, 0.3) is 0 Å². The Morgan fingerprint density at radius 3 is 2.36 bits per heavy atom. The molecule has 1 rings (SSSR count). The Kier molecular flexibility index (Phi) is 3.28. The first-order valence-electron chi connectivity index (χ1n) is 3.65. The molecule has 1 aromatic carbocycles. The molecule has 0 spiro atoms. The molecule has 0 amide bonds. The third-order valence-corrected chi connectivity index (χ3v) is 2.33. The quantitative estimate of drug-likeness (QED) is 0.783. The van der Waals surface area contributed by atoms with Crippen molar-refractivity contribution in [3.8, 4) is 0 Å². The highest BCUT2D eigenvalue weighted by Gasteiger charge is 2.29. The molecule has 0 aliphatic rings. The van der Waals surface area contributed by atoms with Gasteiger partial charge in [-0.15, -0.1) is 0 Å². The number of hydrogen-bond donors (Lipinski definition) is 1. The Balaban J connectivity index is 3.02. The number of alkyl halides is 3. The van der Waals surface area contributed by atoms with Gasteiger partial charge in [-0.05, 0) is 11.6 Å². The number of rotatable bonds is 2. The van der Waals surface area contributed by atoms with Crippen molar-refractivity contribution in [1.29, 1.82) is 0 Å². The van der Waals surface area contributed by atoms with Crippen molar-refractivity contribution in [2.75, 3.05) is 0 Å². The Hall–Kier alpha value is -0.880. The van der Waals surface area contributed by atoms with Crippen LogP contribution >= 0.6 is 0 Å². The van der Waals surface area contributed by atoms with Gasteiger partial charge in [-0.2, -0.15) is 13.2 Å². The molecule has 0 aliphatic heterocycles. The summed E-state index contributed by atoms with van der Waals surface area (Å²) in [5, 5.41) is 0. The van der Waals surface area contributed by atoms with E-state index in [0.29, 0.717) is 0 Å². The molecule has 1 unspecified atom stereocenters. The van der Waals surface area contributed by atoms with E-state index in [9.17, 15) is 17.4 Å². The molecule has 1 N–H and O–H groups in total. The van der Waals surface area contributed by atoms with Crippen LogP contribution in [0.3, 0.4) is 0 Å². The van der Waals surface area contributed by atoms with E-state index in [4.69, 9.17) is 4.55 Å². The lowest BCUT2D eigenvalue weighted by molar-refractivity contribution is -0.127. The van der Waals surface area contributed by atoms with Gasteiger partial charge in [0.2, 0.25) is 0 Å². The molecule has 1 aromatic rings. The van der Waals surface area contributed by atoms with E-state index in [1.165, 1.54) is 24.3 Å². The molecule has 0 aliphatic carbocycles. The molecule has 6 heteroatoms. The zero-order valence-corrected chi connectivity index (χ0v) is 7.73. The van der Waals surface area contributed by atoms with Gasteiger partial charge >= 0.3 is 6.18 Å². The largest absolute Gasteiger partial charge is 0.393 e. The fourth-order valence-corrected chi connectivity index (χ4v) is 1.60. The van der Waals surface area contributed by atoms with Crippen LogP contribution in [0.5, 0.6) is 0 Å². The first-order chi connectivity index (χ1) is 6.40. The fourth-order valence-electron chi connectivity index (χ4n) is 1.04. The van der Waals surface area contributed by atoms with Gasteiger partial charge in [0.05, 0.1) is 11.3 Å². The van der Waals surface area contributed by atoms with Crippen molar-refractivity contribution in [3.05, 3.63) is 29.8 Å². The Bertz CT molecular complexity index is 349. The summed E-state index contributed by atoms with van der Waals surface area (Å²) in [5.74, 6) is 0. The van der Waals surface area contributed by atoms with Crippen LogP contribution in [0.1, 0.15) is 5.56 Å². The van der Waals surface area contributed by atoms with Crippen molar-refractivity contribution in [2.24, 2.45) is 0 Å². The van der Waals surface area contributed by atoms with Gasteiger partial charge in [-0.1, -0.05) is 18.2 Å². The summed E-state index contributed by atoms with van der Waals surface area (Å²) in [6.07, 6.45) is -5.55. The van der Waals surface area contributed by atoms with E-state index in [1.54, 1.807) is 0 Å². The van der Waals surface area contributed by atoms with Crippen molar-refractivity contribution >= 4 is 11.1 Å². The third kappa shape index (κ3) is 3.12. The standard InChI is InChI=1S/C8H7F3O2S/c9-8(10,11)5-6-3-1-2-4-7(6)14(12)13/h1-4H,5H2,(H,12,13). The van der Waals surface area contributed by atoms with E-state index in [2.05, 4.69) is 0 Å².